The molecule has 3 heterocycles. The van der Waals surface area contributed by atoms with E-state index in [-0.39, 0.29) is 11.3 Å². The number of rotatable bonds is 3. The highest BCUT2D eigenvalue weighted by atomic mass is 19.4. The van der Waals surface area contributed by atoms with Gasteiger partial charge in [0.25, 0.3) is 0 Å². The van der Waals surface area contributed by atoms with Gasteiger partial charge in [0.2, 0.25) is 0 Å². The maximum atomic E-state index is 13.3. The molecular weight excluding hydrogens is 365 g/mol. The van der Waals surface area contributed by atoms with Crippen molar-refractivity contribution in [1.29, 1.82) is 0 Å². The number of halogens is 3. The van der Waals surface area contributed by atoms with Crippen molar-refractivity contribution in [1.82, 2.24) is 4.98 Å². The summed E-state index contributed by atoms with van der Waals surface area (Å²) in [5.41, 5.74) is 2.09. The minimum Gasteiger partial charge on any atom is -0.457 e. The van der Waals surface area contributed by atoms with E-state index in [2.05, 4.69) is 9.98 Å². The van der Waals surface area contributed by atoms with Crippen molar-refractivity contribution in [2.45, 2.75) is 19.0 Å². The molecule has 0 aliphatic carbocycles. The number of aliphatic imine (C=N–C) groups is 1. The van der Waals surface area contributed by atoms with Crippen molar-refractivity contribution >= 4 is 11.8 Å². The van der Waals surface area contributed by atoms with Crippen LogP contribution in [0.15, 0.2) is 75.9 Å². The molecule has 1 aromatic carbocycles. The van der Waals surface area contributed by atoms with Crippen LogP contribution in [0, 0.1) is 0 Å². The lowest BCUT2D eigenvalue weighted by molar-refractivity contribution is -0.137. The van der Waals surface area contributed by atoms with Gasteiger partial charge >= 0.3 is 6.18 Å². The fraction of sp³-hybridized carbons (Fsp3) is 0.182. The first kappa shape index (κ1) is 18.2. The number of benzene rings is 1. The second-order valence-corrected chi connectivity index (χ2v) is 6.49. The van der Waals surface area contributed by atoms with E-state index < -0.39 is 11.7 Å². The number of pyridine rings is 1. The van der Waals surface area contributed by atoms with Crippen LogP contribution < -0.4 is 0 Å². The maximum absolute atomic E-state index is 13.3. The lowest BCUT2D eigenvalue weighted by atomic mass is 9.96. The van der Waals surface area contributed by atoms with Gasteiger partial charge in [0.15, 0.2) is 0 Å². The van der Waals surface area contributed by atoms with Gasteiger partial charge < -0.3 is 4.42 Å². The largest absolute Gasteiger partial charge is 0.457 e. The molecule has 3 nitrogen and oxygen atoms in total. The van der Waals surface area contributed by atoms with Crippen LogP contribution in [-0.4, -0.2) is 17.2 Å². The molecule has 0 radical (unpaired) electrons. The third-order valence-corrected chi connectivity index (χ3v) is 4.55. The Morgan fingerprint density at radius 2 is 1.86 bits per heavy atom. The van der Waals surface area contributed by atoms with Gasteiger partial charge in [-0.1, -0.05) is 18.2 Å². The third kappa shape index (κ3) is 3.76. The van der Waals surface area contributed by atoms with E-state index in [0.717, 1.165) is 42.3 Å². The number of hydrogen-bond acceptors (Lipinski definition) is 3. The van der Waals surface area contributed by atoms with E-state index in [4.69, 9.17) is 4.42 Å². The Bertz CT molecular complexity index is 1030. The van der Waals surface area contributed by atoms with Gasteiger partial charge in [-0.3, -0.25) is 9.98 Å². The Hall–Kier alpha value is -3.15. The zero-order valence-corrected chi connectivity index (χ0v) is 14.9. The molecule has 0 saturated heterocycles. The number of alkyl halides is 3. The molecule has 0 saturated carbocycles. The van der Waals surface area contributed by atoms with Crippen molar-refractivity contribution in [3.05, 3.63) is 83.4 Å². The van der Waals surface area contributed by atoms with E-state index >= 15 is 0 Å². The fourth-order valence-electron chi connectivity index (χ4n) is 3.29. The summed E-state index contributed by atoms with van der Waals surface area (Å²) < 4.78 is 45.6. The standard InChI is InChI=1S/C22H17F3N2O/c23-22(24,25)19-8-2-1-7-18(19)20-10-9-17(28-20)13-15-5-4-12-27-21(15)16-6-3-11-26-14-16/h1-3,6-11,13-14H,4-5,12H2. The lowest BCUT2D eigenvalue weighted by Gasteiger charge is -2.15. The summed E-state index contributed by atoms with van der Waals surface area (Å²) in [5.74, 6) is 0.691. The Morgan fingerprint density at radius 1 is 1.00 bits per heavy atom. The topological polar surface area (TPSA) is 38.4 Å². The van der Waals surface area contributed by atoms with Gasteiger partial charge in [0, 0.05) is 30.1 Å². The zero-order chi connectivity index (χ0) is 19.6. The van der Waals surface area contributed by atoms with Gasteiger partial charge in [-0.25, -0.2) is 0 Å². The van der Waals surface area contributed by atoms with Crippen molar-refractivity contribution in [2.24, 2.45) is 4.99 Å². The maximum Gasteiger partial charge on any atom is 0.417 e. The predicted molar refractivity (Wildman–Crippen MR) is 102 cm³/mol. The molecule has 4 rings (SSSR count). The molecule has 0 atom stereocenters. The summed E-state index contributed by atoms with van der Waals surface area (Å²) in [7, 11) is 0. The SMILES string of the molecule is FC(F)(F)c1ccccc1-c1ccc(C=C2CCCN=C2c2cccnc2)o1. The van der Waals surface area contributed by atoms with E-state index in [9.17, 15) is 13.2 Å². The van der Waals surface area contributed by atoms with Gasteiger partial charge in [0.1, 0.15) is 11.5 Å². The van der Waals surface area contributed by atoms with Crippen LogP contribution in [0.4, 0.5) is 13.2 Å². The van der Waals surface area contributed by atoms with Crippen molar-refractivity contribution in [3.63, 3.8) is 0 Å². The number of allylic oxidation sites excluding steroid dienone is 1. The molecule has 0 fully saturated rings. The average molecular weight is 382 g/mol. The Balaban J connectivity index is 1.69. The van der Waals surface area contributed by atoms with E-state index in [0.29, 0.717) is 5.76 Å². The molecule has 0 amide bonds. The highest BCUT2D eigenvalue weighted by Crippen LogP contribution is 2.37. The number of hydrogen-bond donors (Lipinski definition) is 0. The average Bonchev–Trinajstić information content (AvgIpc) is 3.17. The molecule has 1 aliphatic rings. The van der Waals surface area contributed by atoms with Crippen LogP contribution in [0.5, 0.6) is 0 Å². The lowest BCUT2D eigenvalue weighted by Crippen LogP contribution is -2.11. The summed E-state index contributed by atoms with van der Waals surface area (Å²) in [5, 5.41) is 0. The first-order valence-corrected chi connectivity index (χ1v) is 8.94. The highest BCUT2D eigenvalue weighted by molar-refractivity contribution is 6.15. The first-order chi connectivity index (χ1) is 13.5. The van der Waals surface area contributed by atoms with Crippen LogP contribution in [0.25, 0.3) is 17.4 Å². The number of furan rings is 1. The summed E-state index contributed by atoms with van der Waals surface area (Å²) in [6.07, 6.45) is 2.61. The molecule has 28 heavy (non-hydrogen) atoms. The van der Waals surface area contributed by atoms with Gasteiger partial charge in [-0.15, -0.1) is 0 Å². The van der Waals surface area contributed by atoms with E-state index in [1.807, 2.05) is 18.2 Å². The molecule has 2 aromatic heterocycles. The Kier molecular flexibility index (Phi) is 4.86. The van der Waals surface area contributed by atoms with Crippen molar-refractivity contribution in [3.8, 4) is 11.3 Å². The Morgan fingerprint density at radius 3 is 2.64 bits per heavy atom. The minimum atomic E-state index is -4.44. The predicted octanol–water partition coefficient (Wildman–Crippen LogP) is 6.03. The number of nitrogens with zero attached hydrogens (tertiary/aromatic N) is 2. The monoisotopic (exact) mass is 382 g/mol. The second-order valence-electron chi connectivity index (χ2n) is 6.49. The fourth-order valence-corrected chi connectivity index (χ4v) is 3.29. The normalized spacial score (nSPS) is 16.2. The Labute approximate surface area is 160 Å². The quantitative estimate of drug-likeness (QED) is 0.555. The molecule has 0 unspecified atom stereocenters. The first-order valence-electron chi connectivity index (χ1n) is 8.94. The summed E-state index contributed by atoms with van der Waals surface area (Å²) in [6.45, 7) is 0.740. The number of aromatic nitrogens is 1. The van der Waals surface area contributed by atoms with Gasteiger partial charge in [-0.05, 0) is 54.8 Å². The molecule has 1 aliphatic heterocycles. The van der Waals surface area contributed by atoms with Crippen molar-refractivity contribution < 1.29 is 17.6 Å². The van der Waals surface area contributed by atoms with Crippen LogP contribution in [0.3, 0.4) is 0 Å². The highest BCUT2D eigenvalue weighted by Gasteiger charge is 2.34. The second kappa shape index (κ2) is 7.46. The van der Waals surface area contributed by atoms with E-state index in [1.54, 1.807) is 30.6 Å². The third-order valence-electron chi connectivity index (χ3n) is 4.55. The molecule has 6 heteroatoms. The molecule has 142 valence electrons. The molecule has 0 spiro atoms. The van der Waals surface area contributed by atoms with Crippen LogP contribution in [0.1, 0.15) is 29.7 Å². The van der Waals surface area contributed by atoms with Gasteiger partial charge in [-0.2, -0.15) is 13.2 Å². The summed E-state index contributed by atoms with van der Waals surface area (Å²) in [6, 6.07) is 12.5. The smallest absolute Gasteiger partial charge is 0.417 e. The van der Waals surface area contributed by atoms with Gasteiger partial charge in [0.05, 0.1) is 11.3 Å². The summed E-state index contributed by atoms with van der Waals surface area (Å²) >= 11 is 0. The molecule has 0 N–H and O–H groups in total. The molecule has 0 bridgehead atoms. The minimum absolute atomic E-state index is 0.0319. The van der Waals surface area contributed by atoms with Crippen LogP contribution in [-0.2, 0) is 6.18 Å². The van der Waals surface area contributed by atoms with Crippen LogP contribution >= 0.6 is 0 Å². The summed E-state index contributed by atoms with van der Waals surface area (Å²) in [4.78, 5) is 8.75. The molecular formula is C22H17F3N2O. The molecule has 3 aromatic rings. The van der Waals surface area contributed by atoms with Crippen molar-refractivity contribution in [2.75, 3.05) is 6.54 Å². The van der Waals surface area contributed by atoms with E-state index in [1.165, 1.54) is 12.1 Å². The zero-order valence-electron chi connectivity index (χ0n) is 14.9. The van der Waals surface area contributed by atoms with Crippen LogP contribution in [0.2, 0.25) is 0 Å².